The Hall–Kier alpha value is -4.51. The van der Waals surface area contributed by atoms with Crippen molar-refractivity contribution in [3.8, 4) is 11.5 Å². The average Bonchev–Trinajstić information content (AvgIpc) is 3.59. The minimum absolute atomic E-state index is 0.155. The number of urea groups is 1. The molecule has 0 atom stereocenters. The molecule has 0 saturated carbocycles. The van der Waals surface area contributed by atoms with Crippen molar-refractivity contribution in [1.82, 2.24) is 9.80 Å². The summed E-state index contributed by atoms with van der Waals surface area (Å²) in [6.45, 7) is 4.71. The van der Waals surface area contributed by atoms with Crippen molar-refractivity contribution in [3.63, 3.8) is 0 Å². The zero-order valence-corrected chi connectivity index (χ0v) is 22.8. The molecule has 1 aliphatic heterocycles. The molecule has 3 aromatic rings. The molecule has 0 bridgehead atoms. The Morgan fingerprint density at radius 1 is 0.950 bits per heavy atom. The number of hydrogen-bond donors (Lipinski definition) is 1. The third-order valence-electron chi connectivity index (χ3n) is 6.13. The third-order valence-corrected chi connectivity index (χ3v) is 6.13. The summed E-state index contributed by atoms with van der Waals surface area (Å²) < 4.78 is 26.8. The molecule has 0 spiro atoms. The first kappa shape index (κ1) is 28.5. The number of ether oxygens (including phenoxy) is 4. The van der Waals surface area contributed by atoms with Crippen LogP contribution in [-0.2, 0) is 27.4 Å². The Balaban J connectivity index is 1.47. The monoisotopic (exact) mass is 551 g/mol. The normalized spacial score (nSPS) is 11.7. The van der Waals surface area contributed by atoms with E-state index in [4.69, 9.17) is 23.4 Å². The van der Waals surface area contributed by atoms with Crippen LogP contribution in [0.15, 0.2) is 59.0 Å². The fourth-order valence-corrected chi connectivity index (χ4v) is 4.07. The Bertz CT molecular complexity index is 1320. The first-order chi connectivity index (χ1) is 19.4. The number of nitrogens with zero attached hydrogens (tertiary/aromatic N) is 2. The molecule has 0 radical (unpaired) electrons. The number of aryl methyl sites for hydroxylation is 1. The predicted molar refractivity (Wildman–Crippen MR) is 145 cm³/mol. The number of rotatable bonds is 12. The fourth-order valence-electron chi connectivity index (χ4n) is 4.07. The van der Waals surface area contributed by atoms with E-state index in [0.29, 0.717) is 28.5 Å². The van der Waals surface area contributed by atoms with E-state index in [0.717, 1.165) is 11.3 Å². The summed E-state index contributed by atoms with van der Waals surface area (Å²) in [4.78, 5) is 41.7. The number of carbonyl (C=O) groups is 3. The second kappa shape index (κ2) is 13.5. The second-order valence-electron chi connectivity index (χ2n) is 9.09. The van der Waals surface area contributed by atoms with Gasteiger partial charge < -0.3 is 38.5 Å². The van der Waals surface area contributed by atoms with E-state index in [1.165, 1.54) is 12.0 Å². The van der Waals surface area contributed by atoms with Gasteiger partial charge in [-0.15, -0.1) is 0 Å². The maximum Gasteiger partial charge on any atom is 0.338 e. The zero-order chi connectivity index (χ0) is 28.5. The number of nitrogens with one attached hydrogen (secondary N) is 1. The second-order valence-corrected chi connectivity index (χ2v) is 9.09. The molecule has 212 valence electrons. The summed E-state index contributed by atoms with van der Waals surface area (Å²) in [7, 11) is 1.52. The Labute approximate surface area is 232 Å². The van der Waals surface area contributed by atoms with Crippen molar-refractivity contribution in [2.45, 2.75) is 26.9 Å². The molecule has 0 saturated heterocycles. The van der Waals surface area contributed by atoms with Gasteiger partial charge >= 0.3 is 12.0 Å². The lowest BCUT2D eigenvalue weighted by Gasteiger charge is -2.27. The molecule has 1 N–H and O–H groups in total. The van der Waals surface area contributed by atoms with Gasteiger partial charge in [0.15, 0.2) is 11.5 Å². The molecular weight excluding hydrogens is 518 g/mol. The van der Waals surface area contributed by atoms with Gasteiger partial charge in [-0.3, -0.25) is 4.79 Å². The van der Waals surface area contributed by atoms with Crippen LogP contribution in [0.3, 0.4) is 0 Å². The van der Waals surface area contributed by atoms with Crippen LogP contribution in [0.25, 0.3) is 0 Å². The number of carbonyl (C=O) groups excluding carboxylic acids is 3. The molecule has 2 aromatic carbocycles. The van der Waals surface area contributed by atoms with Crippen molar-refractivity contribution < 1.29 is 37.7 Å². The third kappa shape index (κ3) is 7.54. The Kier molecular flexibility index (Phi) is 9.63. The molecule has 11 heteroatoms. The van der Waals surface area contributed by atoms with Gasteiger partial charge in [-0.2, -0.15) is 0 Å². The van der Waals surface area contributed by atoms with Gasteiger partial charge in [0.25, 0.3) is 0 Å². The van der Waals surface area contributed by atoms with E-state index in [1.807, 2.05) is 37.3 Å². The van der Waals surface area contributed by atoms with Gasteiger partial charge in [-0.25, -0.2) is 9.59 Å². The molecule has 11 nitrogen and oxygen atoms in total. The lowest BCUT2D eigenvalue weighted by Crippen LogP contribution is -2.45. The lowest BCUT2D eigenvalue weighted by molar-refractivity contribution is -0.133. The molecule has 2 heterocycles. The fraction of sp³-hybridized carbons (Fsp3) is 0.345. The lowest BCUT2D eigenvalue weighted by atomic mass is 10.2. The number of anilines is 1. The van der Waals surface area contributed by atoms with E-state index in [-0.39, 0.29) is 52.1 Å². The molecule has 40 heavy (non-hydrogen) atoms. The van der Waals surface area contributed by atoms with Crippen LogP contribution in [0.4, 0.5) is 10.5 Å². The number of benzene rings is 2. The molecule has 0 unspecified atom stereocenters. The quantitative estimate of drug-likeness (QED) is 0.333. The average molecular weight is 552 g/mol. The van der Waals surface area contributed by atoms with Gasteiger partial charge in [0.05, 0.1) is 25.3 Å². The van der Waals surface area contributed by atoms with E-state index >= 15 is 0 Å². The van der Waals surface area contributed by atoms with Crippen LogP contribution in [0.1, 0.15) is 34.4 Å². The van der Waals surface area contributed by atoms with Gasteiger partial charge in [-0.1, -0.05) is 6.07 Å². The highest BCUT2D eigenvalue weighted by atomic mass is 16.7. The maximum absolute atomic E-state index is 13.6. The molecule has 0 fully saturated rings. The Morgan fingerprint density at radius 3 is 2.42 bits per heavy atom. The van der Waals surface area contributed by atoms with Crippen LogP contribution < -0.4 is 14.8 Å². The summed E-state index contributed by atoms with van der Waals surface area (Å²) >= 11 is 0. The van der Waals surface area contributed by atoms with Crippen LogP contribution in [-0.4, -0.2) is 67.9 Å². The van der Waals surface area contributed by atoms with Gasteiger partial charge in [0.1, 0.15) is 18.1 Å². The molecular formula is C29H33N3O8. The SMILES string of the molecule is CCOC(=O)c1ccc(NC(=O)N(CCOC)CC(=O)N(Cc2ccc3c(c2)OCO3)Cc2ccc(C)o2)cc1. The van der Waals surface area contributed by atoms with Crippen molar-refractivity contribution in [2.24, 2.45) is 0 Å². The predicted octanol–water partition coefficient (Wildman–Crippen LogP) is 4.20. The number of esters is 1. The van der Waals surface area contributed by atoms with Gasteiger partial charge in [0, 0.05) is 25.9 Å². The molecule has 1 aliphatic rings. The maximum atomic E-state index is 13.6. The van der Waals surface area contributed by atoms with E-state index in [9.17, 15) is 14.4 Å². The number of methoxy groups -OCH3 is 1. The van der Waals surface area contributed by atoms with Crippen LogP contribution >= 0.6 is 0 Å². The minimum Gasteiger partial charge on any atom is -0.464 e. The summed E-state index contributed by atoms with van der Waals surface area (Å²) in [5.74, 6) is 1.91. The van der Waals surface area contributed by atoms with Crippen LogP contribution in [0, 0.1) is 6.92 Å². The highest BCUT2D eigenvalue weighted by Gasteiger charge is 2.24. The van der Waals surface area contributed by atoms with E-state index < -0.39 is 12.0 Å². The number of amides is 3. The summed E-state index contributed by atoms with van der Waals surface area (Å²) in [6, 6.07) is 15.0. The van der Waals surface area contributed by atoms with Crippen molar-refractivity contribution in [1.29, 1.82) is 0 Å². The molecule has 3 amide bonds. The van der Waals surface area contributed by atoms with Gasteiger partial charge in [-0.05, 0) is 67.9 Å². The van der Waals surface area contributed by atoms with Crippen molar-refractivity contribution >= 4 is 23.6 Å². The molecule has 1 aromatic heterocycles. The molecule has 4 rings (SSSR count). The smallest absolute Gasteiger partial charge is 0.338 e. The highest BCUT2D eigenvalue weighted by Crippen LogP contribution is 2.33. The number of furan rings is 1. The minimum atomic E-state index is -0.480. The van der Waals surface area contributed by atoms with Crippen molar-refractivity contribution in [3.05, 3.63) is 77.2 Å². The van der Waals surface area contributed by atoms with E-state index in [2.05, 4.69) is 5.32 Å². The zero-order valence-electron chi connectivity index (χ0n) is 22.8. The topological polar surface area (TPSA) is 120 Å². The largest absolute Gasteiger partial charge is 0.464 e. The van der Waals surface area contributed by atoms with Crippen molar-refractivity contribution in [2.75, 3.05) is 45.5 Å². The Morgan fingerprint density at radius 2 is 1.73 bits per heavy atom. The number of hydrogen-bond acceptors (Lipinski definition) is 8. The van der Waals surface area contributed by atoms with Crippen LogP contribution in [0.2, 0.25) is 0 Å². The summed E-state index contributed by atoms with van der Waals surface area (Å²) in [5, 5.41) is 2.78. The molecule has 0 aliphatic carbocycles. The first-order valence-electron chi connectivity index (χ1n) is 12.9. The summed E-state index contributed by atoms with van der Waals surface area (Å²) in [5.41, 5.74) is 1.69. The summed E-state index contributed by atoms with van der Waals surface area (Å²) in [6.07, 6.45) is 0. The standard InChI is InChI=1S/C29H33N3O8/c1-4-37-28(34)22-7-9-23(10-8-22)30-29(35)31(13-14-36-3)18-27(33)32(17-24-11-5-20(2)40-24)16-21-6-12-25-26(15-21)39-19-38-25/h5-12,15H,4,13-14,16-19H2,1-3H3,(H,30,35). The first-order valence-corrected chi connectivity index (χ1v) is 12.9. The van der Waals surface area contributed by atoms with Gasteiger partial charge in [0.2, 0.25) is 12.7 Å². The van der Waals surface area contributed by atoms with Crippen LogP contribution in [0.5, 0.6) is 11.5 Å². The number of fused-ring (bicyclic) bond motifs is 1. The van der Waals surface area contributed by atoms with E-state index in [1.54, 1.807) is 36.1 Å². The highest BCUT2D eigenvalue weighted by molar-refractivity contribution is 5.94.